The number of rotatable bonds is 3. The van der Waals surface area contributed by atoms with E-state index < -0.39 is 0 Å². The highest BCUT2D eigenvalue weighted by Gasteiger charge is 2.25. The minimum absolute atomic E-state index is 0.114. The molecule has 5 rings (SSSR count). The van der Waals surface area contributed by atoms with Crippen molar-refractivity contribution in [3.05, 3.63) is 113 Å². The number of hydrogen-bond donors (Lipinski definition) is 0. The molecule has 3 heteroatoms. The van der Waals surface area contributed by atoms with Crippen molar-refractivity contribution in [1.29, 1.82) is 0 Å². The lowest BCUT2D eigenvalue weighted by Gasteiger charge is -2.01. The SMILES string of the molecule is Cc1ccc(-c2nn(-c3ccccc3)cc2/C=C2\Cc3ccccc3C2=O)cc1. The van der Waals surface area contributed by atoms with Crippen molar-refractivity contribution in [3.8, 4) is 16.9 Å². The number of nitrogens with zero attached hydrogens (tertiary/aromatic N) is 2. The summed E-state index contributed by atoms with van der Waals surface area (Å²) in [5.74, 6) is 0.114. The van der Waals surface area contributed by atoms with Crippen LogP contribution in [0.25, 0.3) is 23.0 Å². The van der Waals surface area contributed by atoms with Gasteiger partial charge in [-0.1, -0.05) is 72.3 Å². The summed E-state index contributed by atoms with van der Waals surface area (Å²) in [5.41, 5.74) is 7.79. The second kappa shape index (κ2) is 7.02. The van der Waals surface area contributed by atoms with Gasteiger partial charge in [0.25, 0.3) is 0 Å². The van der Waals surface area contributed by atoms with Crippen LogP contribution in [0.5, 0.6) is 0 Å². The minimum Gasteiger partial charge on any atom is -0.289 e. The van der Waals surface area contributed by atoms with Crippen molar-refractivity contribution >= 4 is 11.9 Å². The Balaban J connectivity index is 1.63. The molecule has 0 N–H and O–H groups in total. The number of carbonyl (C=O) groups excluding carboxylic acids is 1. The van der Waals surface area contributed by atoms with Crippen LogP contribution >= 0.6 is 0 Å². The molecule has 0 unspecified atom stereocenters. The highest BCUT2D eigenvalue weighted by molar-refractivity contribution is 6.15. The largest absolute Gasteiger partial charge is 0.289 e. The van der Waals surface area contributed by atoms with Gasteiger partial charge in [0.1, 0.15) is 0 Å². The molecule has 0 fully saturated rings. The molecule has 0 spiro atoms. The number of aromatic nitrogens is 2. The van der Waals surface area contributed by atoms with E-state index in [0.717, 1.165) is 39.2 Å². The van der Waals surface area contributed by atoms with E-state index >= 15 is 0 Å². The number of fused-ring (bicyclic) bond motifs is 1. The number of para-hydroxylation sites is 1. The summed E-state index contributed by atoms with van der Waals surface area (Å²) in [6.45, 7) is 2.07. The molecule has 29 heavy (non-hydrogen) atoms. The molecule has 0 amide bonds. The Morgan fingerprint density at radius 1 is 0.897 bits per heavy atom. The third kappa shape index (κ3) is 3.21. The Morgan fingerprint density at radius 2 is 1.62 bits per heavy atom. The Kier molecular flexibility index (Phi) is 4.21. The Hall–Kier alpha value is -3.72. The maximum absolute atomic E-state index is 12.9. The van der Waals surface area contributed by atoms with E-state index in [-0.39, 0.29) is 5.78 Å². The van der Waals surface area contributed by atoms with Crippen LogP contribution in [0.4, 0.5) is 0 Å². The maximum atomic E-state index is 12.9. The summed E-state index contributed by atoms with van der Waals surface area (Å²) in [5, 5.41) is 4.86. The third-order valence-corrected chi connectivity index (χ3v) is 5.35. The molecule has 3 nitrogen and oxygen atoms in total. The third-order valence-electron chi connectivity index (χ3n) is 5.35. The highest BCUT2D eigenvalue weighted by Crippen LogP contribution is 2.31. The molecule has 1 aliphatic rings. The summed E-state index contributed by atoms with van der Waals surface area (Å²) in [6.07, 6.45) is 4.68. The molecular formula is C26H20N2O. The monoisotopic (exact) mass is 376 g/mol. The van der Waals surface area contributed by atoms with Gasteiger partial charge in [0, 0.05) is 34.9 Å². The van der Waals surface area contributed by atoms with Gasteiger partial charge < -0.3 is 0 Å². The summed E-state index contributed by atoms with van der Waals surface area (Å²) in [4.78, 5) is 12.9. The van der Waals surface area contributed by atoms with Gasteiger partial charge >= 0.3 is 0 Å². The Labute approximate surface area is 170 Å². The standard InChI is InChI=1S/C26H20N2O/c1-18-11-13-19(14-12-18)25-22(17-28(27-25)23-8-3-2-4-9-23)16-21-15-20-7-5-6-10-24(20)26(21)29/h2-14,16-17H,15H2,1H3/b21-16+. The van der Waals surface area contributed by atoms with Crippen molar-refractivity contribution in [2.45, 2.75) is 13.3 Å². The van der Waals surface area contributed by atoms with Crippen molar-refractivity contribution in [2.24, 2.45) is 0 Å². The fourth-order valence-corrected chi connectivity index (χ4v) is 3.80. The number of Topliss-reactive ketones (excluding diaryl/α,β-unsaturated/α-hetero) is 1. The molecule has 3 aromatic carbocycles. The summed E-state index contributed by atoms with van der Waals surface area (Å²) in [7, 11) is 0. The average molecular weight is 376 g/mol. The van der Waals surface area contributed by atoms with Gasteiger partial charge in [-0.3, -0.25) is 4.79 Å². The van der Waals surface area contributed by atoms with Crippen LogP contribution in [0, 0.1) is 6.92 Å². The summed E-state index contributed by atoms with van der Waals surface area (Å²) in [6, 6.07) is 26.2. The van der Waals surface area contributed by atoms with Crippen LogP contribution < -0.4 is 0 Å². The first-order valence-corrected chi connectivity index (χ1v) is 9.74. The molecule has 0 aliphatic heterocycles. The van der Waals surface area contributed by atoms with E-state index in [0.29, 0.717) is 6.42 Å². The molecule has 0 saturated carbocycles. The number of benzene rings is 3. The van der Waals surface area contributed by atoms with Crippen LogP contribution in [-0.2, 0) is 6.42 Å². The quantitative estimate of drug-likeness (QED) is 0.432. The fraction of sp³-hybridized carbons (Fsp3) is 0.0769. The zero-order valence-corrected chi connectivity index (χ0v) is 16.2. The van der Waals surface area contributed by atoms with E-state index in [9.17, 15) is 4.79 Å². The van der Waals surface area contributed by atoms with Crippen LogP contribution in [0.2, 0.25) is 0 Å². The van der Waals surface area contributed by atoms with E-state index in [4.69, 9.17) is 5.10 Å². The fourth-order valence-electron chi connectivity index (χ4n) is 3.80. The second-order valence-electron chi connectivity index (χ2n) is 7.41. The Bertz CT molecular complexity index is 1230. The van der Waals surface area contributed by atoms with Crippen molar-refractivity contribution < 1.29 is 4.79 Å². The molecule has 1 aromatic heterocycles. The van der Waals surface area contributed by atoms with E-state index in [1.807, 2.05) is 71.6 Å². The first-order chi connectivity index (χ1) is 14.2. The van der Waals surface area contributed by atoms with Gasteiger partial charge in [-0.15, -0.1) is 0 Å². The van der Waals surface area contributed by atoms with Gasteiger partial charge in [-0.05, 0) is 30.7 Å². The average Bonchev–Trinajstić information content (AvgIpc) is 3.31. The Morgan fingerprint density at radius 3 is 2.38 bits per heavy atom. The predicted octanol–water partition coefficient (Wildman–Crippen LogP) is 5.67. The van der Waals surface area contributed by atoms with Gasteiger partial charge in [-0.2, -0.15) is 5.10 Å². The van der Waals surface area contributed by atoms with Crippen molar-refractivity contribution in [1.82, 2.24) is 9.78 Å². The van der Waals surface area contributed by atoms with Gasteiger partial charge in [0.15, 0.2) is 5.78 Å². The maximum Gasteiger partial charge on any atom is 0.189 e. The lowest BCUT2D eigenvalue weighted by molar-refractivity contribution is 0.104. The van der Waals surface area contributed by atoms with Crippen LogP contribution in [0.15, 0.2) is 90.6 Å². The minimum atomic E-state index is 0.114. The van der Waals surface area contributed by atoms with E-state index in [1.165, 1.54) is 5.56 Å². The molecule has 0 bridgehead atoms. The number of allylic oxidation sites excluding steroid dienone is 1. The molecule has 0 saturated heterocycles. The molecule has 0 radical (unpaired) electrons. The summed E-state index contributed by atoms with van der Waals surface area (Å²) >= 11 is 0. The van der Waals surface area contributed by atoms with Gasteiger partial charge in [-0.25, -0.2) is 4.68 Å². The number of aryl methyl sites for hydroxylation is 1. The molecule has 0 atom stereocenters. The molecule has 1 aliphatic carbocycles. The smallest absolute Gasteiger partial charge is 0.189 e. The topological polar surface area (TPSA) is 34.9 Å². The van der Waals surface area contributed by atoms with Crippen LogP contribution in [0.3, 0.4) is 0 Å². The summed E-state index contributed by atoms with van der Waals surface area (Å²) < 4.78 is 1.88. The normalized spacial score (nSPS) is 14.4. The first kappa shape index (κ1) is 17.4. The molecule has 140 valence electrons. The number of carbonyl (C=O) groups is 1. The zero-order chi connectivity index (χ0) is 19.8. The number of ketones is 1. The molecular weight excluding hydrogens is 356 g/mol. The van der Waals surface area contributed by atoms with Gasteiger partial charge in [0.05, 0.1) is 11.4 Å². The van der Waals surface area contributed by atoms with E-state index in [2.05, 4.69) is 31.2 Å². The second-order valence-corrected chi connectivity index (χ2v) is 7.41. The van der Waals surface area contributed by atoms with E-state index in [1.54, 1.807) is 0 Å². The van der Waals surface area contributed by atoms with Crippen LogP contribution in [0.1, 0.15) is 27.0 Å². The highest BCUT2D eigenvalue weighted by atomic mass is 16.1. The van der Waals surface area contributed by atoms with Gasteiger partial charge in [0.2, 0.25) is 0 Å². The molecule has 1 heterocycles. The molecule has 4 aromatic rings. The first-order valence-electron chi connectivity index (χ1n) is 9.74. The lowest BCUT2D eigenvalue weighted by Crippen LogP contribution is -1.95. The lowest BCUT2D eigenvalue weighted by atomic mass is 10.0. The van der Waals surface area contributed by atoms with Crippen molar-refractivity contribution in [2.75, 3.05) is 0 Å². The predicted molar refractivity (Wildman–Crippen MR) is 116 cm³/mol. The zero-order valence-electron chi connectivity index (χ0n) is 16.2. The van der Waals surface area contributed by atoms with Crippen molar-refractivity contribution in [3.63, 3.8) is 0 Å². The number of hydrogen-bond acceptors (Lipinski definition) is 2. The van der Waals surface area contributed by atoms with Crippen LogP contribution in [-0.4, -0.2) is 15.6 Å².